The SMILES string of the molecule is CC(=O)C1=Cc2ccccc2-c2c(c3cc(Br)ccc3n2C(=O)OC(C)(C)C)C1.CC(=O)C1=Cc2ccccc2-c2c(c3cc(Br)ccc3n2C(=O)OC(C)(C)C)C1. The van der Waals surface area contributed by atoms with E-state index in [2.05, 4.69) is 31.9 Å². The number of benzene rings is 4. The third-order valence-corrected chi connectivity index (χ3v) is 10.9. The molecule has 8 rings (SSSR count). The van der Waals surface area contributed by atoms with Crippen LogP contribution in [0.25, 0.3) is 56.5 Å². The Bertz CT molecular complexity index is 2580. The molecule has 0 radical (unpaired) electrons. The second-order valence-electron chi connectivity index (χ2n) is 16.6. The zero-order chi connectivity index (χ0) is 41.8. The van der Waals surface area contributed by atoms with Crippen LogP contribution in [0.15, 0.2) is 105 Å². The van der Waals surface area contributed by atoms with E-state index in [1.807, 2.05) is 139 Å². The number of ether oxygens (including phenoxy) is 2. The number of carbonyl (C=O) groups excluding carboxylic acids is 4. The van der Waals surface area contributed by atoms with Crippen molar-refractivity contribution in [2.45, 2.75) is 79.4 Å². The highest BCUT2D eigenvalue weighted by Gasteiger charge is 2.31. The largest absolute Gasteiger partial charge is 0.443 e. The molecule has 2 aromatic heterocycles. The molecule has 0 fully saturated rings. The molecule has 296 valence electrons. The number of fused-ring (bicyclic) bond motifs is 10. The molecule has 0 N–H and O–H groups in total. The number of halogens is 2. The van der Waals surface area contributed by atoms with E-state index in [0.717, 1.165) is 86.7 Å². The number of carbonyl (C=O) groups is 4. The minimum atomic E-state index is -0.622. The van der Waals surface area contributed by atoms with Crippen molar-refractivity contribution in [1.29, 1.82) is 0 Å². The van der Waals surface area contributed by atoms with Crippen molar-refractivity contribution in [1.82, 2.24) is 9.13 Å². The summed E-state index contributed by atoms with van der Waals surface area (Å²) in [7, 11) is 0. The fourth-order valence-electron chi connectivity index (χ4n) is 7.56. The monoisotopic (exact) mass is 902 g/mol. The number of allylic oxidation sites excluding steroid dienone is 2. The molecule has 0 aliphatic heterocycles. The molecular weight excluding hydrogens is 860 g/mol. The highest BCUT2D eigenvalue weighted by molar-refractivity contribution is 9.10. The van der Waals surface area contributed by atoms with Crippen LogP contribution in [0, 0.1) is 0 Å². The predicted octanol–water partition coefficient (Wildman–Crippen LogP) is 12.8. The highest BCUT2D eigenvalue weighted by Crippen LogP contribution is 2.43. The minimum Gasteiger partial charge on any atom is -0.443 e. The van der Waals surface area contributed by atoms with Gasteiger partial charge in [-0.05, 0) is 137 Å². The lowest BCUT2D eigenvalue weighted by molar-refractivity contribution is -0.114. The number of rotatable bonds is 2. The normalized spacial score (nSPS) is 13.3. The summed E-state index contributed by atoms with van der Waals surface area (Å²) in [6.45, 7) is 14.3. The van der Waals surface area contributed by atoms with E-state index in [9.17, 15) is 19.2 Å². The van der Waals surface area contributed by atoms with Gasteiger partial charge in [0.25, 0.3) is 0 Å². The van der Waals surface area contributed by atoms with Gasteiger partial charge in [0.05, 0.1) is 22.4 Å². The summed E-state index contributed by atoms with van der Waals surface area (Å²) in [6.07, 6.45) is 3.94. The first kappa shape index (κ1) is 40.9. The molecule has 58 heavy (non-hydrogen) atoms. The Labute approximate surface area is 354 Å². The smallest absolute Gasteiger partial charge is 0.419 e. The lowest BCUT2D eigenvalue weighted by Crippen LogP contribution is -2.27. The molecular formula is C48H44Br2N2O6. The maximum atomic E-state index is 13.3. The molecule has 6 aromatic rings. The lowest BCUT2D eigenvalue weighted by Gasteiger charge is -2.21. The molecule has 10 heteroatoms. The molecule has 0 atom stereocenters. The van der Waals surface area contributed by atoms with Gasteiger partial charge < -0.3 is 9.47 Å². The number of nitrogens with zero attached hydrogens (tertiary/aromatic N) is 2. The van der Waals surface area contributed by atoms with Crippen molar-refractivity contribution in [2.24, 2.45) is 0 Å². The van der Waals surface area contributed by atoms with Gasteiger partial charge in [-0.25, -0.2) is 18.7 Å². The lowest BCUT2D eigenvalue weighted by atomic mass is 10.00. The van der Waals surface area contributed by atoms with E-state index in [-0.39, 0.29) is 11.6 Å². The van der Waals surface area contributed by atoms with E-state index < -0.39 is 23.4 Å². The first-order chi connectivity index (χ1) is 27.3. The molecule has 0 saturated carbocycles. The summed E-state index contributed by atoms with van der Waals surface area (Å²) in [5.41, 5.74) is 8.90. The van der Waals surface area contributed by atoms with Gasteiger partial charge in [-0.15, -0.1) is 0 Å². The topological polar surface area (TPSA) is 96.6 Å². The second-order valence-corrected chi connectivity index (χ2v) is 18.4. The van der Waals surface area contributed by atoms with E-state index in [1.165, 1.54) is 0 Å². The van der Waals surface area contributed by atoms with Crippen LogP contribution in [0.4, 0.5) is 9.59 Å². The Morgan fingerprint density at radius 1 is 0.552 bits per heavy atom. The third kappa shape index (κ3) is 8.05. The Kier molecular flexibility index (Phi) is 10.9. The van der Waals surface area contributed by atoms with Crippen molar-refractivity contribution in [3.05, 3.63) is 127 Å². The van der Waals surface area contributed by atoms with Crippen molar-refractivity contribution >= 4 is 89.6 Å². The molecule has 0 amide bonds. The fourth-order valence-corrected chi connectivity index (χ4v) is 8.28. The molecule has 2 aliphatic rings. The zero-order valence-electron chi connectivity index (χ0n) is 33.8. The van der Waals surface area contributed by atoms with Crippen LogP contribution in [0.1, 0.15) is 77.6 Å². The first-order valence-electron chi connectivity index (χ1n) is 19.1. The average Bonchev–Trinajstić information content (AvgIpc) is 3.46. The van der Waals surface area contributed by atoms with Gasteiger partial charge in [-0.1, -0.05) is 80.4 Å². The fraction of sp³-hybridized carbons (Fsp3) is 0.250. The van der Waals surface area contributed by atoms with Crippen LogP contribution in [0.5, 0.6) is 0 Å². The Hall–Kier alpha value is -5.32. The van der Waals surface area contributed by atoms with Crippen LogP contribution in [0.3, 0.4) is 0 Å². The average molecular weight is 905 g/mol. The van der Waals surface area contributed by atoms with Gasteiger partial charge in [0, 0.05) is 43.7 Å². The number of hydrogen-bond donors (Lipinski definition) is 0. The van der Waals surface area contributed by atoms with Gasteiger partial charge in [-0.3, -0.25) is 9.59 Å². The third-order valence-electron chi connectivity index (χ3n) is 9.95. The van der Waals surface area contributed by atoms with E-state index >= 15 is 0 Å². The minimum absolute atomic E-state index is 0.0285. The quantitative estimate of drug-likeness (QED) is 0.172. The van der Waals surface area contributed by atoms with Crippen LogP contribution < -0.4 is 0 Å². The summed E-state index contributed by atoms with van der Waals surface area (Å²) in [5.74, 6) is 0.0571. The number of aromatic nitrogens is 2. The molecule has 0 bridgehead atoms. The van der Waals surface area contributed by atoms with Crippen molar-refractivity contribution < 1.29 is 28.7 Å². The van der Waals surface area contributed by atoms with E-state index in [4.69, 9.17) is 9.47 Å². The molecule has 0 spiro atoms. The molecule has 0 unspecified atom stereocenters. The van der Waals surface area contributed by atoms with Gasteiger partial charge >= 0.3 is 12.2 Å². The molecule has 2 aliphatic carbocycles. The van der Waals surface area contributed by atoms with Gasteiger partial charge in [0.15, 0.2) is 11.6 Å². The maximum Gasteiger partial charge on any atom is 0.419 e. The summed E-state index contributed by atoms with van der Waals surface area (Å²) >= 11 is 7.09. The number of ketones is 2. The zero-order valence-corrected chi connectivity index (χ0v) is 36.9. The summed E-state index contributed by atoms with van der Waals surface area (Å²) in [6, 6.07) is 27.4. The summed E-state index contributed by atoms with van der Waals surface area (Å²) in [4.78, 5) is 51.2. The number of Topliss-reactive ketones (excluding diaryl/α,β-unsaturated/α-hetero) is 2. The first-order valence-corrected chi connectivity index (χ1v) is 20.6. The second kappa shape index (κ2) is 15.5. The maximum absolute atomic E-state index is 13.3. The van der Waals surface area contributed by atoms with Crippen molar-refractivity contribution in [3.63, 3.8) is 0 Å². The predicted molar refractivity (Wildman–Crippen MR) is 238 cm³/mol. The standard InChI is InChI=1S/2C24H22BrNO3/c2*1-14(27)16-11-15-7-5-6-8-18(15)22-20(12-16)19-13-17(25)9-10-21(19)26(22)23(28)29-24(2,3)4/h2*5-11,13H,12H2,1-4H3. The molecule has 2 heterocycles. The Balaban J connectivity index is 0.000000177. The van der Waals surface area contributed by atoms with Gasteiger partial charge in [0.2, 0.25) is 0 Å². The van der Waals surface area contributed by atoms with Gasteiger partial charge in [0.1, 0.15) is 11.2 Å². The number of hydrogen-bond acceptors (Lipinski definition) is 6. The Morgan fingerprint density at radius 2 is 0.914 bits per heavy atom. The summed E-state index contributed by atoms with van der Waals surface area (Å²) in [5, 5.41) is 1.87. The van der Waals surface area contributed by atoms with Crippen LogP contribution in [0.2, 0.25) is 0 Å². The molecule has 8 nitrogen and oxygen atoms in total. The molecule has 4 aromatic carbocycles. The van der Waals surface area contributed by atoms with Crippen molar-refractivity contribution in [3.8, 4) is 22.5 Å². The van der Waals surface area contributed by atoms with Crippen LogP contribution >= 0.6 is 31.9 Å². The van der Waals surface area contributed by atoms with Crippen LogP contribution in [-0.4, -0.2) is 44.1 Å². The van der Waals surface area contributed by atoms with Crippen molar-refractivity contribution in [2.75, 3.05) is 0 Å². The highest BCUT2D eigenvalue weighted by atomic mass is 79.9. The molecule has 0 saturated heterocycles. The van der Waals surface area contributed by atoms with E-state index in [1.54, 1.807) is 23.0 Å². The van der Waals surface area contributed by atoms with Gasteiger partial charge in [-0.2, -0.15) is 0 Å². The van der Waals surface area contributed by atoms with Crippen LogP contribution in [-0.2, 0) is 31.9 Å². The Morgan fingerprint density at radius 3 is 1.26 bits per heavy atom. The summed E-state index contributed by atoms with van der Waals surface area (Å²) < 4.78 is 16.6. The van der Waals surface area contributed by atoms with E-state index in [0.29, 0.717) is 12.8 Å².